The maximum absolute atomic E-state index is 15.7. The van der Waals surface area contributed by atoms with Gasteiger partial charge in [0.25, 0.3) is 0 Å². The number of nitrogens with zero attached hydrogens (tertiary/aromatic N) is 3. The van der Waals surface area contributed by atoms with Gasteiger partial charge in [0.15, 0.2) is 5.82 Å². The summed E-state index contributed by atoms with van der Waals surface area (Å²) in [4.78, 5) is 14.6. The van der Waals surface area contributed by atoms with E-state index in [9.17, 15) is 8.42 Å². The molecule has 1 aliphatic rings. The third-order valence-corrected chi connectivity index (χ3v) is 8.52. The van der Waals surface area contributed by atoms with E-state index in [1.807, 2.05) is 20.8 Å². The molecule has 1 aromatic carbocycles. The van der Waals surface area contributed by atoms with Crippen LogP contribution in [0, 0.1) is 5.82 Å². The minimum atomic E-state index is -3.65. The molecule has 0 saturated carbocycles. The van der Waals surface area contributed by atoms with Gasteiger partial charge in [0, 0.05) is 29.8 Å². The van der Waals surface area contributed by atoms with Crippen LogP contribution >= 0.6 is 11.3 Å². The Morgan fingerprint density at radius 1 is 1.23 bits per heavy atom. The van der Waals surface area contributed by atoms with Crippen molar-refractivity contribution < 1.29 is 12.8 Å². The van der Waals surface area contributed by atoms with Crippen molar-refractivity contribution in [3.05, 3.63) is 41.3 Å². The quantitative estimate of drug-likeness (QED) is 0.399. The molecule has 3 heterocycles. The monoisotopic (exact) mass is 518 g/mol. The van der Waals surface area contributed by atoms with E-state index in [2.05, 4.69) is 20.3 Å². The van der Waals surface area contributed by atoms with E-state index in [0.717, 1.165) is 24.5 Å². The van der Waals surface area contributed by atoms with E-state index in [1.54, 1.807) is 31.3 Å². The highest BCUT2D eigenvalue weighted by molar-refractivity contribution is 7.92. The van der Waals surface area contributed by atoms with Gasteiger partial charge in [-0.2, -0.15) is 0 Å². The molecule has 2 aromatic heterocycles. The number of halogens is 1. The lowest BCUT2D eigenvalue weighted by Crippen LogP contribution is -2.23. The van der Waals surface area contributed by atoms with Gasteiger partial charge in [0.05, 0.1) is 32.7 Å². The van der Waals surface area contributed by atoms with Gasteiger partial charge in [-0.15, -0.1) is 11.3 Å². The molecule has 0 aliphatic carbocycles. The Morgan fingerprint density at radius 2 is 2.03 bits per heavy atom. The van der Waals surface area contributed by atoms with Gasteiger partial charge in [-0.3, -0.25) is 4.72 Å². The molecular formula is C24H31FN6O2S2. The molecule has 1 saturated heterocycles. The number of rotatable bonds is 8. The number of nitrogens with one attached hydrogen (secondary N) is 3. The smallest absolute Gasteiger partial charge is 0.232 e. The molecule has 0 bridgehead atoms. The standard InChI is InChI=1S/C24H31FN6O2S2/c1-5-13-35(32,33)31-17-8-6-7-16(19(17)25)20-21(34-22(30-20)24(2,3)4)18-10-12-27-23(29-18)28-15-9-11-26-14-15/h6-8,10,12,15,26,31H,5,9,11,13-14H2,1-4H3,(H,27,28,29). The van der Waals surface area contributed by atoms with Crippen LogP contribution in [0.15, 0.2) is 30.5 Å². The van der Waals surface area contributed by atoms with Crippen molar-refractivity contribution in [2.45, 2.75) is 52.0 Å². The van der Waals surface area contributed by atoms with Gasteiger partial charge in [-0.25, -0.2) is 27.8 Å². The molecule has 1 unspecified atom stereocenters. The molecule has 188 valence electrons. The van der Waals surface area contributed by atoms with Gasteiger partial charge in [0.1, 0.15) is 0 Å². The molecule has 35 heavy (non-hydrogen) atoms. The Hall–Kier alpha value is -2.63. The van der Waals surface area contributed by atoms with Gasteiger partial charge >= 0.3 is 0 Å². The average Bonchev–Trinajstić information content (AvgIpc) is 3.45. The van der Waals surface area contributed by atoms with Crippen LogP contribution in [0.5, 0.6) is 0 Å². The molecule has 8 nitrogen and oxygen atoms in total. The average molecular weight is 519 g/mol. The normalized spacial score (nSPS) is 16.4. The lowest BCUT2D eigenvalue weighted by molar-refractivity contribution is 0.585. The minimum absolute atomic E-state index is 0.0833. The second-order valence-electron chi connectivity index (χ2n) is 9.63. The van der Waals surface area contributed by atoms with Crippen molar-refractivity contribution in [2.75, 3.05) is 28.9 Å². The second kappa shape index (κ2) is 10.2. The minimum Gasteiger partial charge on any atom is -0.350 e. The van der Waals surface area contributed by atoms with Crippen LogP contribution in [-0.2, 0) is 15.4 Å². The SMILES string of the molecule is CCCS(=O)(=O)Nc1cccc(-c2nc(C(C)(C)C)sc2-c2ccnc(NC3CCNC3)n2)c1F. The summed E-state index contributed by atoms with van der Waals surface area (Å²) in [5, 5.41) is 7.49. The third-order valence-electron chi connectivity index (χ3n) is 5.54. The molecule has 1 atom stereocenters. The van der Waals surface area contributed by atoms with E-state index < -0.39 is 15.8 Å². The lowest BCUT2D eigenvalue weighted by atomic mass is 9.98. The van der Waals surface area contributed by atoms with Gasteiger partial charge in [-0.1, -0.05) is 33.8 Å². The predicted octanol–water partition coefficient (Wildman–Crippen LogP) is 4.63. The highest BCUT2D eigenvalue weighted by atomic mass is 32.2. The predicted molar refractivity (Wildman–Crippen MR) is 140 cm³/mol. The largest absolute Gasteiger partial charge is 0.350 e. The van der Waals surface area contributed by atoms with Crippen molar-refractivity contribution in [3.8, 4) is 21.8 Å². The Labute approximate surface area is 209 Å². The fourth-order valence-corrected chi connectivity index (χ4v) is 6.03. The molecule has 1 aliphatic heterocycles. The Bertz CT molecular complexity index is 1300. The molecule has 0 spiro atoms. The first kappa shape index (κ1) is 25.5. The van der Waals surface area contributed by atoms with E-state index in [0.29, 0.717) is 28.6 Å². The molecular weight excluding hydrogens is 487 g/mol. The van der Waals surface area contributed by atoms with Crippen LogP contribution in [0.25, 0.3) is 21.8 Å². The molecule has 0 amide bonds. The zero-order valence-corrected chi connectivity index (χ0v) is 22.0. The fourth-order valence-electron chi connectivity index (χ4n) is 3.79. The number of hydrogen-bond acceptors (Lipinski definition) is 8. The van der Waals surface area contributed by atoms with Crippen molar-refractivity contribution in [1.29, 1.82) is 0 Å². The van der Waals surface area contributed by atoms with Crippen molar-refractivity contribution >= 4 is 33.0 Å². The highest BCUT2D eigenvalue weighted by Gasteiger charge is 2.27. The zero-order chi connectivity index (χ0) is 25.2. The maximum Gasteiger partial charge on any atom is 0.232 e. The van der Waals surface area contributed by atoms with E-state index >= 15 is 4.39 Å². The van der Waals surface area contributed by atoms with Crippen LogP contribution in [0.1, 0.15) is 45.5 Å². The number of sulfonamides is 1. The lowest BCUT2D eigenvalue weighted by Gasteiger charge is -2.13. The summed E-state index contributed by atoms with van der Waals surface area (Å²) in [6.07, 6.45) is 3.10. The summed E-state index contributed by atoms with van der Waals surface area (Å²) in [7, 11) is -3.65. The third kappa shape index (κ3) is 5.96. The molecule has 3 aromatic rings. The summed E-state index contributed by atoms with van der Waals surface area (Å²) in [6, 6.07) is 6.70. The van der Waals surface area contributed by atoms with Crippen LogP contribution in [-0.4, -0.2) is 48.3 Å². The number of thiazole rings is 1. The van der Waals surface area contributed by atoms with Gasteiger partial charge in [-0.05, 0) is 37.6 Å². The molecule has 3 N–H and O–H groups in total. The van der Waals surface area contributed by atoms with E-state index in [4.69, 9.17) is 9.97 Å². The Morgan fingerprint density at radius 3 is 2.71 bits per heavy atom. The Kier molecular flexibility index (Phi) is 7.39. The summed E-state index contributed by atoms with van der Waals surface area (Å²) in [6.45, 7) is 9.69. The van der Waals surface area contributed by atoms with Gasteiger partial charge in [0.2, 0.25) is 16.0 Å². The van der Waals surface area contributed by atoms with Crippen molar-refractivity contribution in [2.24, 2.45) is 0 Å². The van der Waals surface area contributed by atoms with Crippen molar-refractivity contribution in [3.63, 3.8) is 0 Å². The Balaban J connectivity index is 1.78. The van der Waals surface area contributed by atoms with Crippen LogP contribution in [0.3, 0.4) is 0 Å². The first-order valence-electron chi connectivity index (χ1n) is 11.7. The topological polar surface area (TPSA) is 109 Å². The molecule has 0 radical (unpaired) electrons. The molecule has 11 heteroatoms. The summed E-state index contributed by atoms with van der Waals surface area (Å²) in [5.41, 5.74) is 0.925. The van der Waals surface area contributed by atoms with Crippen LogP contribution in [0.4, 0.5) is 16.0 Å². The highest BCUT2D eigenvalue weighted by Crippen LogP contribution is 2.42. The van der Waals surface area contributed by atoms with E-state index in [-0.39, 0.29) is 28.5 Å². The number of anilines is 2. The van der Waals surface area contributed by atoms with Gasteiger partial charge < -0.3 is 10.6 Å². The first-order chi connectivity index (χ1) is 16.6. The van der Waals surface area contributed by atoms with Crippen molar-refractivity contribution in [1.82, 2.24) is 20.3 Å². The number of hydrogen-bond donors (Lipinski definition) is 3. The number of benzene rings is 1. The summed E-state index contributed by atoms with van der Waals surface area (Å²) < 4.78 is 42.6. The van der Waals surface area contributed by atoms with E-state index in [1.165, 1.54) is 17.4 Å². The van der Waals surface area contributed by atoms with Crippen LogP contribution < -0.4 is 15.4 Å². The zero-order valence-electron chi connectivity index (χ0n) is 20.4. The van der Waals surface area contributed by atoms with Crippen LogP contribution in [0.2, 0.25) is 0 Å². The number of aromatic nitrogens is 3. The summed E-state index contributed by atoms with van der Waals surface area (Å²) >= 11 is 1.45. The summed E-state index contributed by atoms with van der Waals surface area (Å²) in [5.74, 6) is -0.238. The second-order valence-corrected chi connectivity index (χ2v) is 12.5. The first-order valence-corrected chi connectivity index (χ1v) is 14.2. The fraction of sp³-hybridized carbons (Fsp3) is 0.458. The molecule has 1 fully saturated rings. The maximum atomic E-state index is 15.7. The molecule has 4 rings (SSSR count).